The highest BCUT2D eigenvalue weighted by Gasteiger charge is 2.49. The molecule has 9 heteroatoms. The zero-order chi connectivity index (χ0) is 24.7. The summed E-state index contributed by atoms with van der Waals surface area (Å²) < 4.78 is 6.82. The lowest BCUT2D eigenvalue weighted by molar-refractivity contribution is -0.144. The molecule has 1 saturated carbocycles. The van der Waals surface area contributed by atoms with Gasteiger partial charge in [0.1, 0.15) is 17.8 Å². The molecule has 2 aliphatic carbocycles. The summed E-state index contributed by atoms with van der Waals surface area (Å²) in [5.74, 6) is -1.69. The zero-order valence-corrected chi connectivity index (χ0v) is 19.4. The number of carboxylic acid groups (broad SMARTS) is 1. The second kappa shape index (κ2) is 8.57. The van der Waals surface area contributed by atoms with Gasteiger partial charge in [0.25, 0.3) is 5.91 Å². The molecule has 5 rings (SSSR count). The molecule has 0 aliphatic heterocycles. The molecular formula is C26H26N4O5. The maximum absolute atomic E-state index is 12.8. The molecule has 2 aliphatic rings. The van der Waals surface area contributed by atoms with Gasteiger partial charge in [-0.3, -0.25) is 14.8 Å². The van der Waals surface area contributed by atoms with Crippen molar-refractivity contribution in [2.75, 3.05) is 11.9 Å². The SMILES string of the molecule is Cn1nc(NC(=O)OCC2c3ccccc3-c3ccccc32)cc1C(=O)NC(C)(C(=O)O)C1CC1. The van der Waals surface area contributed by atoms with Gasteiger partial charge >= 0.3 is 12.1 Å². The number of fused-ring (bicyclic) bond motifs is 3. The van der Waals surface area contributed by atoms with E-state index in [0.29, 0.717) is 0 Å². The monoisotopic (exact) mass is 474 g/mol. The Bertz CT molecular complexity index is 1280. The molecule has 3 N–H and O–H groups in total. The lowest BCUT2D eigenvalue weighted by Gasteiger charge is -2.25. The number of carbonyl (C=O) groups excluding carboxylic acids is 2. The van der Waals surface area contributed by atoms with E-state index in [1.54, 1.807) is 7.05 Å². The van der Waals surface area contributed by atoms with Crippen LogP contribution in [0.25, 0.3) is 11.1 Å². The van der Waals surface area contributed by atoms with E-state index in [0.717, 1.165) is 35.1 Å². The summed E-state index contributed by atoms with van der Waals surface area (Å²) in [7, 11) is 1.55. The minimum Gasteiger partial charge on any atom is -0.480 e. The van der Waals surface area contributed by atoms with Crippen LogP contribution in [0.2, 0.25) is 0 Å². The summed E-state index contributed by atoms with van der Waals surface area (Å²) in [5.41, 5.74) is 3.27. The van der Waals surface area contributed by atoms with E-state index in [2.05, 4.69) is 27.9 Å². The predicted molar refractivity (Wildman–Crippen MR) is 128 cm³/mol. The molecular weight excluding hydrogens is 448 g/mol. The quantitative estimate of drug-likeness (QED) is 0.479. The van der Waals surface area contributed by atoms with E-state index in [4.69, 9.17) is 4.74 Å². The minimum atomic E-state index is -1.35. The van der Waals surface area contributed by atoms with Crippen molar-refractivity contribution < 1.29 is 24.2 Å². The van der Waals surface area contributed by atoms with Gasteiger partial charge in [0, 0.05) is 19.0 Å². The number of amides is 2. The molecule has 3 aromatic rings. The number of carboxylic acids is 1. The molecule has 0 radical (unpaired) electrons. The van der Waals surface area contributed by atoms with Crippen molar-refractivity contribution in [3.63, 3.8) is 0 Å². The van der Waals surface area contributed by atoms with Gasteiger partial charge in [0.2, 0.25) is 0 Å². The van der Waals surface area contributed by atoms with Crippen molar-refractivity contribution in [1.29, 1.82) is 0 Å². The number of nitrogens with one attached hydrogen (secondary N) is 2. The first-order chi connectivity index (χ1) is 16.8. The third-order valence-electron chi connectivity index (χ3n) is 6.90. The van der Waals surface area contributed by atoms with Crippen molar-refractivity contribution in [2.24, 2.45) is 13.0 Å². The first kappa shape index (κ1) is 22.6. The van der Waals surface area contributed by atoms with Crippen molar-refractivity contribution in [3.05, 3.63) is 71.4 Å². The molecule has 9 nitrogen and oxygen atoms in total. The Morgan fingerprint density at radius 1 is 1.09 bits per heavy atom. The maximum Gasteiger partial charge on any atom is 0.412 e. The van der Waals surface area contributed by atoms with Crippen molar-refractivity contribution >= 4 is 23.8 Å². The normalized spacial score (nSPS) is 16.1. The van der Waals surface area contributed by atoms with Crippen LogP contribution in [0, 0.1) is 5.92 Å². The van der Waals surface area contributed by atoms with Crippen LogP contribution in [0.5, 0.6) is 0 Å². The topological polar surface area (TPSA) is 123 Å². The fraction of sp³-hybridized carbons (Fsp3) is 0.308. The Kier molecular flexibility index (Phi) is 5.55. The van der Waals surface area contributed by atoms with Crippen LogP contribution in [-0.2, 0) is 16.6 Å². The van der Waals surface area contributed by atoms with Crippen LogP contribution in [0.15, 0.2) is 54.6 Å². The molecule has 1 heterocycles. The highest BCUT2D eigenvalue weighted by Crippen LogP contribution is 2.44. The van der Waals surface area contributed by atoms with E-state index in [-0.39, 0.29) is 30.0 Å². The Labute approximate surface area is 202 Å². The Morgan fingerprint density at radius 3 is 2.26 bits per heavy atom. The minimum absolute atomic E-state index is 0.0747. The maximum atomic E-state index is 12.8. The molecule has 1 unspecified atom stereocenters. The highest BCUT2D eigenvalue weighted by molar-refractivity contribution is 5.98. The lowest BCUT2D eigenvalue weighted by atomic mass is 9.96. The number of rotatable bonds is 7. The van der Waals surface area contributed by atoms with Crippen LogP contribution in [0.1, 0.15) is 47.3 Å². The van der Waals surface area contributed by atoms with Gasteiger partial charge in [-0.25, -0.2) is 9.59 Å². The Morgan fingerprint density at radius 2 is 1.69 bits per heavy atom. The van der Waals surface area contributed by atoms with Crippen molar-refractivity contribution in [2.45, 2.75) is 31.2 Å². The molecule has 180 valence electrons. The largest absolute Gasteiger partial charge is 0.480 e. The fourth-order valence-corrected chi connectivity index (χ4v) is 4.77. The molecule has 2 aromatic carbocycles. The highest BCUT2D eigenvalue weighted by atomic mass is 16.5. The average molecular weight is 475 g/mol. The van der Waals surface area contributed by atoms with E-state index >= 15 is 0 Å². The molecule has 1 fully saturated rings. The second-order valence-corrected chi connectivity index (χ2v) is 9.22. The number of benzene rings is 2. The number of ether oxygens (including phenoxy) is 1. The van der Waals surface area contributed by atoms with Gasteiger partial charge in [0.05, 0.1) is 0 Å². The van der Waals surface area contributed by atoms with Gasteiger partial charge in [0.15, 0.2) is 5.82 Å². The third kappa shape index (κ3) is 4.14. The fourth-order valence-electron chi connectivity index (χ4n) is 4.77. The summed E-state index contributed by atoms with van der Waals surface area (Å²) in [6.45, 7) is 1.66. The number of aromatic nitrogens is 2. The third-order valence-corrected chi connectivity index (χ3v) is 6.90. The number of aliphatic carboxylic acids is 1. The van der Waals surface area contributed by atoms with Crippen LogP contribution >= 0.6 is 0 Å². The molecule has 2 amide bonds. The first-order valence-electron chi connectivity index (χ1n) is 11.5. The van der Waals surface area contributed by atoms with Gasteiger partial charge < -0.3 is 15.2 Å². The van der Waals surface area contributed by atoms with Crippen molar-refractivity contribution in [3.8, 4) is 11.1 Å². The molecule has 0 saturated heterocycles. The molecule has 0 spiro atoms. The summed E-state index contributed by atoms with van der Waals surface area (Å²) in [6, 6.07) is 17.5. The smallest absolute Gasteiger partial charge is 0.412 e. The molecule has 1 aromatic heterocycles. The van der Waals surface area contributed by atoms with Gasteiger partial charge in [-0.2, -0.15) is 5.10 Å². The van der Waals surface area contributed by atoms with E-state index in [1.165, 1.54) is 17.7 Å². The number of aryl methyl sites for hydroxylation is 1. The summed E-state index contributed by atoms with van der Waals surface area (Å²) in [4.78, 5) is 37.0. The van der Waals surface area contributed by atoms with Crippen LogP contribution in [-0.4, -0.2) is 45.0 Å². The second-order valence-electron chi connectivity index (χ2n) is 9.22. The average Bonchev–Trinajstić information content (AvgIpc) is 3.56. The number of hydrogen-bond acceptors (Lipinski definition) is 5. The van der Waals surface area contributed by atoms with Crippen LogP contribution in [0.4, 0.5) is 10.6 Å². The molecule has 1 atom stereocenters. The van der Waals surface area contributed by atoms with E-state index in [9.17, 15) is 19.5 Å². The Hall–Kier alpha value is -4.14. The predicted octanol–water partition coefficient (Wildman–Crippen LogP) is 3.76. The number of nitrogens with zero attached hydrogens (tertiary/aromatic N) is 2. The van der Waals surface area contributed by atoms with Gasteiger partial charge in [-0.1, -0.05) is 48.5 Å². The Balaban J connectivity index is 1.24. The standard InChI is InChI=1S/C26H26N4O5/c1-26(24(32)33,15-11-12-15)28-23(31)21-13-22(29-30(21)2)27-25(34)35-14-20-18-9-5-3-7-16(18)17-8-4-6-10-19(17)20/h3-10,13,15,20H,11-12,14H2,1-2H3,(H,28,31)(H,32,33)(H,27,29,34). The van der Waals surface area contributed by atoms with Crippen LogP contribution < -0.4 is 10.6 Å². The molecule has 35 heavy (non-hydrogen) atoms. The summed E-state index contributed by atoms with van der Waals surface area (Å²) in [6.07, 6.45) is 0.817. The van der Waals surface area contributed by atoms with E-state index in [1.807, 2.05) is 36.4 Å². The van der Waals surface area contributed by atoms with Gasteiger partial charge in [-0.15, -0.1) is 0 Å². The number of carbonyl (C=O) groups is 3. The summed E-state index contributed by atoms with van der Waals surface area (Å²) >= 11 is 0. The first-order valence-corrected chi connectivity index (χ1v) is 11.5. The van der Waals surface area contributed by atoms with E-state index < -0.39 is 23.5 Å². The molecule has 0 bridgehead atoms. The number of anilines is 1. The zero-order valence-electron chi connectivity index (χ0n) is 19.4. The van der Waals surface area contributed by atoms with Crippen LogP contribution in [0.3, 0.4) is 0 Å². The van der Waals surface area contributed by atoms with Crippen molar-refractivity contribution in [1.82, 2.24) is 15.1 Å². The number of hydrogen-bond donors (Lipinski definition) is 3. The summed E-state index contributed by atoms with van der Waals surface area (Å²) in [5, 5.41) is 18.9. The van der Waals surface area contributed by atoms with Gasteiger partial charge in [-0.05, 0) is 47.9 Å². The lowest BCUT2D eigenvalue weighted by Crippen LogP contribution is -2.54.